The van der Waals surface area contributed by atoms with Gasteiger partial charge in [0, 0.05) is 24.9 Å². The van der Waals surface area contributed by atoms with Crippen LogP contribution in [0.15, 0.2) is 42.5 Å². The molecular formula is C24H29N3O5. The maximum Gasteiger partial charge on any atom is 0.267 e. The Labute approximate surface area is 188 Å². The molecule has 8 heteroatoms. The van der Waals surface area contributed by atoms with E-state index in [1.807, 2.05) is 25.1 Å². The zero-order valence-electron chi connectivity index (χ0n) is 19.0. The Hall–Kier alpha value is -3.52. The summed E-state index contributed by atoms with van der Waals surface area (Å²) in [6, 6.07) is 10.7. The first-order valence-corrected chi connectivity index (χ1v) is 10.3. The van der Waals surface area contributed by atoms with Gasteiger partial charge in [0.25, 0.3) is 5.91 Å². The van der Waals surface area contributed by atoms with Crippen molar-refractivity contribution in [2.75, 3.05) is 51.6 Å². The molecule has 1 unspecified atom stereocenters. The highest BCUT2D eigenvalue weighted by Gasteiger charge is 2.31. The van der Waals surface area contributed by atoms with Crippen LogP contribution in [0.25, 0.3) is 6.08 Å². The van der Waals surface area contributed by atoms with Crippen LogP contribution in [-0.4, -0.2) is 64.2 Å². The molecule has 0 radical (unpaired) electrons. The molecule has 1 N–H and O–H groups in total. The maximum absolute atomic E-state index is 12.7. The average molecular weight is 440 g/mol. The zero-order chi connectivity index (χ0) is 23.3. The van der Waals surface area contributed by atoms with Crippen LogP contribution < -0.4 is 24.4 Å². The van der Waals surface area contributed by atoms with Gasteiger partial charge in [0.1, 0.15) is 5.75 Å². The van der Waals surface area contributed by atoms with E-state index in [9.17, 15) is 9.59 Å². The Morgan fingerprint density at radius 1 is 1.16 bits per heavy atom. The minimum absolute atomic E-state index is 0.101. The summed E-state index contributed by atoms with van der Waals surface area (Å²) >= 11 is 0. The molecule has 0 aliphatic carbocycles. The van der Waals surface area contributed by atoms with Crippen LogP contribution in [0.3, 0.4) is 0 Å². The van der Waals surface area contributed by atoms with Crippen molar-refractivity contribution < 1.29 is 23.8 Å². The lowest BCUT2D eigenvalue weighted by Gasteiger charge is -2.34. The molecule has 2 aromatic rings. The van der Waals surface area contributed by atoms with E-state index in [1.54, 1.807) is 62.5 Å². The first-order chi connectivity index (χ1) is 15.3. The number of nitrogens with one attached hydrogen (secondary N) is 1. The van der Waals surface area contributed by atoms with E-state index in [0.29, 0.717) is 41.7 Å². The van der Waals surface area contributed by atoms with E-state index < -0.39 is 6.10 Å². The van der Waals surface area contributed by atoms with Crippen molar-refractivity contribution in [3.05, 3.63) is 48.0 Å². The highest BCUT2D eigenvalue weighted by Crippen LogP contribution is 2.36. The second-order valence-electron chi connectivity index (χ2n) is 7.67. The molecule has 0 bridgehead atoms. The molecule has 0 fully saturated rings. The van der Waals surface area contributed by atoms with Crippen LogP contribution >= 0.6 is 0 Å². The number of likely N-dealkylation sites (N-methyl/N-ethyl adjacent to an activating group) is 1. The van der Waals surface area contributed by atoms with Gasteiger partial charge in [0.05, 0.1) is 19.9 Å². The van der Waals surface area contributed by atoms with Crippen molar-refractivity contribution >= 4 is 29.3 Å². The minimum Gasteiger partial charge on any atom is -0.493 e. The summed E-state index contributed by atoms with van der Waals surface area (Å²) in [5.41, 5.74) is 2.02. The average Bonchev–Trinajstić information content (AvgIpc) is 2.78. The fraction of sp³-hybridized carbons (Fsp3) is 0.333. The number of methoxy groups -OCH3 is 2. The summed E-state index contributed by atoms with van der Waals surface area (Å²) in [5, 5.41) is 2.84. The molecule has 2 amide bonds. The van der Waals surface area contributed by atoms with E-state index in [2.05, 4.69) is 5.32 Å². The minimum atomic E-state index is -0.547. The maximum atomic E-state index is 12.7. The number of nitrogens with zero attached hydrogens (tertiary/aromatic N) is 2. The number of amides is 2. The van der Waals surface area contributed by atoms with Crippen molar-refractivity contribution in [1.82, 2.24) is 4.90 Å². The normalized spacial score (nSPS) is 15.5. The molecule has 2 aromatic carbocycles. The van der Waals surface area contributed by atoms with Crippen LogP contribution in [0.1, 0.15) is 12.5 Å². The monoisotopic (exact) mass is 439 g/mol. The molecule has 1 aliphatic heterocycles. The Morgan fingerprint density at radius 2 is 1.91 bits per heavy atom. The quantitative estimate of drug-likeness (QED) is 0.637. The Morgan fingerprint density at radius 3 is 2.59 bits per heavy atom. The topological polar surface area (TPSA) is 80.3 Å². The first-order valence-electron chi connectivity index (χ1n) is 10.3. The van der Waals surface area contributed by atoms with Crippen molar-refractivity contribution in [2.45, 2.75) is 13.0 Å². The summed E-state index contributed by atoms with van der Waals surface area (Å²) < 4.78 is 16.2. The lowest BCUT2D eigenvalue weighted by molar-refractivity contribution is -0.125. The lowest BCUT2D eigenvalue weighted by atomic mass is 10.1. The van der Waals surface area contributed by atoms with Crippen LogP contribution in [0, 0.1) is 0 Å². The third kappa shape index (κ3) is 5.39. The molecular weight excluding hydrogens is 410 g/mol. The predicted octanol–water partition coefficient (Wildman–Crippen LogP) is 3.03. The standard InChI is InChI=1S/C24H29N3O5/c1-16-24(29)27(13-12-26(2)3)19-15-18(8-10-20(19)32-16)25-23(28)11-7-17-6-9-21(30-4)22(14-17)31-5/h6-11,14-16H,12-13H2,1-5H3,(H,25,28)/b11-7+. The van der Waals surface area contributed by atoms with E-state index in [4.69, 9.17) is 14.2 Å². The number of carbonyl (C=O) groups is 2. The van der Waals surface area contributed by atoms with Crippen molar-refractivity contribution in [1.29, 1.82) is 0 Å². The number of anilines is 2. The molecule has 1 atom stereocenters. The second-order valence-corrected chi connectivity index (χ2v) is 7.67. The van der Waals surface area contributed by atoms with Gasteiger partial charge in [-0.05, 0) is 63.0 Å². The molecule has 0 saturated carbocycles. The Balaban J connectivity index is 1.75. The highest BCUT2D eigenvalue weighted by atomic mass is 16.5. The Kier molecular flexibility index (Phi) is 7.37. The number of hydrogen-bond acceptors (Lipinski definition) is 6. The fourth-order valence-corrected chi connectivity index (χ4v) is 3.33. The lowest BCUT2D eigenvalue weighted by Crippen LogP contribution is -2.46. The summed E-state index contributed by atoms with van der Waals surface area (Å²) in [4.78, 5) is 28.8. The molecule has 32 heavy (non-hydrogen) atoms. The largest absolute Gasteiger partial charge is 0.493 e. The summed E-state index contributed by atoms with van der Waals surface area (Å²) in [6.45, 7) is 2.98. The van der Waals surface area contributed by atoms with Gasteiger partial charge < -0.3 is 29.3 Å². The van der Waals surface area contributed by atoms with Gasteiger partial charge in [-0.1, -0.05) is 6.07 Å². The summed E-state index contributed by atoms with van der Waals surface area (Å²) in [6.07, 6.45) is 2.58. The van der Waals surface area contributed by atoms with Gasteiger partial charge in [0.15, 0.2) is 17.6 Å². The van der Waals surface area contributed by atoms with Crippen LogP contribution in [0.4, 0.5) is 11.4 Å². The van der Waals surface area contributed by atoms with Gasteiger partial charge >= 0.3 is 0 Å². The third-order valence-corrected chi connectivity index (χ3v) is 5.04. The molecule has 0 spiro atoms. The SMILES string of the molecule is COc1ccc(/C=C/C(=O)Nc2ccc3c(c2)N(CCN(C)C)C(=O)C(C)O3)cc1OC. The second kappa shape index (κ2) is 10.2. The predicted molar refractivity (Wildman–Crippen MR) is 125 cm³/mol. The van der Waals surface area contributed by atoms with Gasteiger partial charge in [-0.3, -0.25) is 9.59 Å². The van der Waals surface area contributed by atoms with E-state index >= 15 is 0 Å². The molecule has 3 rings (SSSR count). The van der Waals surface area contributed by atoms with E-state index in [-0.39, 0.29) is 11.8 Å². The summed E-state index contributed by atoms with van der Waals surface area (Å²) in [5.74, 6) is 1.43. The smallest absolute Gasteiger partial charge is 0.267 e. The fourth-order valence-electron chi connectivity index (χ4n) is 3.33. The molecule has 0 aromatic heterocycles. The highest BCUT2D eigenvalue weighted by molar-refractivity contribution is 6.04. The molecule has 170 valence electrons. The first kappa shape index (κ1) is 23.1. The number of ether oxygens (including phenoxy) is 3. The van der Waals surface area contributed by atoms with E-state index in [1.165, 1.54) is 6.08 Å². The number of rotatable bonds is 8. The van der Waals surface area contributed by atoms with Crippen LogP contribution in [0.2, 0.25) is 0 Å². The molecule has 0 saturated heterocycles. The summed E-state index contributed by atoms with van der Waals surface area (Å²) in [7, 11) is 7.04. The number of carbonyl (C=O) groups excluding carboxylic acids is 2. The number of hydrogen-bond donors (Lipinski definition) is 1. The van der Waals surface area contributed by atoms with Gasteiger partial charge in [0.2, 0.25) is 5.91 Å². The van der Waals surface area contributed by atoms with E-state index in [0.717, 1.165) is 5.56 Å². The molecule has 1 aliphatic rings. The molecule has 8 nitrogen and oxygen atoms in total. The van der Waals surface area contributed by atoms with Crippen molar-refractivity contribution in [3.8, 4) is 17.2 Å². The van der Waals surface area contributed by atoms with Gasteiger partial charge in [-0.2, -0.15) is 0 Å². The van der Waals surface area contributed by atoms with Crippen molar-refractivity contribution in [3.63, 3.8) is 0 Å². The zero-order valence-corrected chi connectivity index (χ0v) is 19.0. The number of fused-ring (bicyclic) bond motifs is 1. The number of benzene rings is 2. The van der Waals surface area contributed by atoms with Crippen molar-refractivity contribution in [2.24, 2.45) is 0 Å². The Bertz CT molecular complexity index is 1020. The van der Waals surface area contributed by atoms with Gasteiger partial charge in [-0.25, -0.2) is 0 Å². The van der Waals surface area contributed by atoms with Gasteiger partial charge in [-0.15, -0.1) is 0 Å². The van der Waals surface area contributed by atoms with Crippen LogP contribution in [-0.2, 0) is 9.59 Å². The third-order valence-electron chi connectivity index (χ3n) is 5.04. The molecule has 1 heterocycles. The van der Waals surface area contributed by atoms with Crippen LogP contribution in [0.5, 0.6) is 17.2 Å².